The molecule has 0 amide bonds. The fraction of sp³-hybridized carbons (Fsp3) is 0.400. The predicted molar refractivity (Wildman–Crippen MR) is 76.9 cm³/mol. The molecule has 3 N–H and O–H groups in total. The van der Waals surface area contributed by atoms with Crippen molar-refractivity contribution in [1.82, 2.24) is 9.78 Å². The molecule has 0 aliphatic carbocycles. The van der Waals surface area contributed by atoms with E-state index in [2.05, 4.69) is 18.9 Å². The lowest BCUT2D eigenvalue weighted by Crippen LogP contribution is -2.06. The van der Waals surface area contributed by atoms with E-state index in [9.17, 15) is 0 Å². The Morgan fingerprint density at radius 1 is 1.11 bits per heavy atom. The standard InChI is InChI=1S/C15H21N3O/c1-3-13-15(16)14(4-2)18(17-13)9-11-5-7-12(10-19)8-6-11/h5-8,19H,3-4,9-10,16H2,1-2H3. The molecule has 0 fully saturated rings. The number of aliphatic hydroxyl groups is 1. The molecule has 0 spiro atoms. The van der Waals surface area contributed by atoms with E-state index in [0.29, 0.717) is 0 Å². The molecule has 0 atom stereocenters. The second-order valence-corrected chi connectivity index (χ2v) is 4.65. The minimum Gasteiger partial charge on any atom is -0.396 e. The van der Waals surface area contributed by atoms with E-state index in [1.807, 2.05) is 28.9 Å². The van der Waals surface area contributed by atoms with Gasteiger partial charge in [0.25, 0.3) is 0 Å². The van der Waals surface area contributed by atoms with Gasteiger partial charge in [0.1, 0.15) is 0 Å². The van der Waals surface area contributed by atoms with Gasteiger partial charge in [-0.05, 0) is 24.0 Å². The Hall–Kier alpha value is -1.81. The van der Waals surface area contributed by atoms with Crippen molar-refractivity contribution in [2.45, 2.75) is 39.8 Å². The molecule has 0 unspecified atom stereocenters. The molecule has 0 radical (unpaired) electrons. The number of aliphatic hydroxyl groups excluding tert-OH is 1. The number of anilines is 1. The van der Waals surface area contributed by atoms with Crippen LogP contribution in [0.3, 0.4) is 0 Å². The highest BCUT2D eigenvalue weighted by Crippen LogP contribution is 2.19. The summed E-state index contributed by atoms with van der Waals surface area (Å²) in [5, 5.41) is 13.6. The van der Waals surface area contributed by atoms with Crippen molar-refractivity contribution >= 4 is 5.69 Å². The van der Waals surface area contributed by atoms with E-state index >= 15 is 0 Å². The lowest BCUT2D eigenvalue weighted by atomic mass is 10.1. The van der Waals surface area contributed by atoms with Crippen molar-refractivity contribution in [2.75, 3.05) is 5.73 Å². The first-order chi connectivity index (χ1) is 9.19. The molecule has 4 nitrogen and oxygen atoms in total. The van der Waals surface area contributed by atoms with E-state index in [-0.39, 0.29) is 6.61 Å². The number of hydrogen-bond acceptors (Lipinski definition) is 3. The van der Waals surface area contributed by atoms with Crippen LogP contribution in [0, 0.1) is 0 Å². The summed E-state index contributed by atoms with van der Waals surface area (Å²) < 4.78 is 1.99. The number of nitrogens with zero attached hydrogens (tertiary/aromatic N) is 2. The van der Waals surface area contributed by atoms with Crippen LogP contribution in [-0.2, 0) is 26.0 Å². The Morgan fingerprint density at radius 3 is 2.26 bits per heavy atom. The fourth-order valence-electron chi connectivity index (χ4n) is 2.25. The average Bonchev–Trinajstić information content (AvgIpc) is 2.75. The Balaban J connectivity index is 2.26. The summed E-state index contributed by atoms with van der Waals surface area (Å²) in [6.45, 7) is 4.96. The predicted octanol–water partition coefficient (Wildman–Crippen LogP) is 2.13. The van der Waals surface area contributed by atoms with Crippen molar-refractivity contribution in [3.05, 3.63) is 46.8 Å². The second kappa shape index (κ2) is 5.89. The average molecular weight is 259 g/mol. The number of benzene rings is 1. The third kappa shape index (κ3) is 2.79. The van der Waals surface area contributed by atoms with Crippen LogP contribution in [0.15, 0.2) is 24.3 Å². The zero-order chi connectivity index (χ0) is 13.8. The summed E-state index contributed by atoms with van der Waals surface area (Å²) in [4.78, 5) is 0. The summed E-state index contributed by atoms with van der Waals surface area (Å²) in [7, 11) is 0. The highest BCUT2D eigenvalue weighted by atomic mass is 16.3. The molecule has 0 aliphatic heterocycles. The van der Waals surface area contributed by atoms with Crippen molar-refractivity contribution < 1.29 is 5.11 Å². The zero-order valence-electron chi connectivity index (χ0n) is 11.6. The van der Waals surface area contributed by atoms with Gasteiger partial charge in [-0.25, -0.2) is 0 Å². The maximum atomic E-state index is 9.04. The van der Waals surface area contributed by atoms with Crippen molar-refractivity contribution in [2.24, 2.45) is 0 Å². The molecule has 0 saturated heterocycles. The molecular weight excluding hydrogens is 238 g/mol. The van der Waals surface area contributed by atoms with Gasteiger partial charge < -0.3 is 10.8 Å². The normalized spacial score (nSPS) is 10.9. The highest BCUT2D eigenvalue weighted by molar-refractivity contribution is 5.48. The van der Waals surface area contributed by atoms with Crippen molar-refractivity contribution in [3.63, 3.8) is 0 Å². The van der Waals surface area contributed by atoms with Crippen LogP contribution < -0.4 is 5.73 Å². The zero-order valence-corrected chi connectivity index (χ0v) is 11.6. The van der Waals surface area contributed by atoms with E-state index in [4.69, 9.17) is 10.8 Å². The van der Waals surface area contributed by atoms with E-state index in [1.165, 1.54) is 0 Å². The van der Waals surface area contributed by atoms with Gasteiger partial charge in [-0.2, -0.15) is 5.10 Å². The Kier molecular flexibility index (Phi) is 4.22. The SMILES string of the molecule is CCc1nn(Cc2ccc(CO)cc2)c(CC)c1N. The molecule has 1 heterocycles. The summed E-state index contributed by atoms with van der Waals surface area (Å²) in [6.07, 6.45) is 1.74. The minimum atomic E-state index is 0.0786. The molecule has 0 aliphatic rings. The fourth-order valence-corrected chi connectivity index (χ4v) is 2.25. The van der Waals surface area contributed by atoms with Crippen LogP contribution >= 0.6 is 0 Å². The first kappa shape index (κ1) is 13.6. The Labute approximate surface area is 113 Å². The molecule has 102 valence electrons. The van der Waals surface area contributed by atoms with E-state index in [1.54, 1.807) is 0 Å². The molecule has 2 aromatic rings. The maximum Gasteiger partial charge on any atom is 0.0854 e. The number of hydrogen-bond donors (Lipinski definition) is 2. The number of nitrogens with two attached hydrogens (primary N) is 1. The lowest BCUT2D eigenvalue weighted by molar-refractivity contribution is 0.282. The maximum absolute atomic E-state index is 9.04. The van der Waals surface area contributed by atoms with Crippen LogP contribution in [0.1, 0.15) is 36.4 Å². The van der Waals surface area contributed by atoms with Crippen molar-refractivity contribution in [3.8, 4) is 0 Å². The third-order valence-corrected chi connectivity index (χ3v) is 3.38. The van der Waals surface area contributed by atoms with Gasteiger partial charge in [-0.15, -0.1) is 0 Å². The smallest absolute Gasteiger partial charge is 0.0854 e. The number of aryl methyl sites for hydroxylation is 1. The molecule has 2 rings (SSSR count). The summed E-state index contributed by atoms with van der Waals surface area (Å²) >= 11 is 0. The van der Waals surface area contributed by atoms with Gasteiger partial charge >= 0.3 is 0 Å². The van der Waals surface area contributed by atoms with Crippen LogP contribution in [0.5, 0.6) is 0 Å². The van der Waals surface area contributed by atoms with Crippen molar-refractivity contribution in [1.29, 1.82) is 0 Å². The van der Waals surface area contributed by atoms with Gasteiger partial charge in [0.05, 0.1) is 30.2 Å². The van der Waals surface area contributed by atoms with Crippen LogP contribution in [0.4, 0.5) is 5.69 Å². The van der Waals surface area contributed by atoms with Gasteiger partial charge in [-0.3, -0.25) is 4.68 Å². The first-order valence-corrected chi connectivity index (χ1v) is 6.72. The molecule has 0 bridgehead atoms. The summed E-state index contributed by atoms with van der Waals surface area (Å²) in [6, 6.07) is 7.92. The van der Waals surface area contributed by atoms with Crippen LogP contribution in [0.2, 0.25) is 0 Å². The molecular formula is C15H21N3O. The molecule has 1 aromatic carbocycles. The van der Waals surface area contributed by atoms with Gasteiger partial charge in [0, 0.05) is 0 Å². The van der Waals surface area contributed by atoms with Gasteiger partial charge in [0.15, 0.2) is 0 Å². The lowest BCUT2D eigenvalue weighted by Gasteiger charge is -2.07. The number of nitrogen functional groups attached to an aromatic ring is 1. The Morgan fingerprint density at radius 2 is 1.74 bits per heavy atom. The van der Waals surface area contributed by atoms with E-state index < -0.39 is 0 Å². The third-order valence-electron chi connectivity index (χ3n) is 3.38. The minimum absolute atomic E-state index is 0.0786. The molecule has 0 saturated carbocycles. The summed E-state index contributed by atoms with van der Waals surface area (Å²) in [5.74, 6) is 0. The number of rotatable bonds is 5. The topological polar surface area (TPSA) is 64.1 Å². The largest absolute Gasteiger partial charge is 0.396 e. The van der Waals surface area contributed by atoms with Gasteiger partial charge in [-0.1, -0.05) is 38.1 Å². The Bertz CT molecular complexity index is 543. The van der Waals surface area contributed by atoms with Gasteiger partial charge in [0.2, 0.25) is 0 Å². The monoisotopic (exact) mass is 259 g/mol. The molecule has 1 aromatic heterocycles. The molecule has 4 heteroatoms. The highest BCUT2D eigenvalue weighted by Gasteiger charge is 2.12. The number of aromatic nitrogens is 2. The van der Waals surface area contributed by atoms with E-state index in [0.717, 1.165) is 47.6 Å². The quantitative estimate of drug-likeness (QED) is 0.864. The first-order valence-electron chi connectivity index (χ1n) is 6.72. The van der Waals surface area contributed by atoms with Crippen LogP contribution in [-0.4, -0.2) is 14.9 Å². The van der Waals surface area contributed by atoms with Crippen LogP contribution in [0.25, 0.3) is 0 Å². The molecule has 19 heavy (non-hydrogen) atoms. The summed E-state index contributed by atoms with van der Waals surface area (Å²) in [5.41, 5.74) is 11.1. The second-order valence-electron chi connectivity index (χ2n) is 4.65.